The van der Waals surface area contributed by atoms with Crippen LogP contribution in [0.4, 0.5) is 0 Å². The largest absolute Gasteiger partial charge is 0.497 e. The highest BCUT2D eigenvalue weighted by Crippen LogP contribution is 2.33. The van der Waals surface area contributed by atoms with E-state index in [-0.39, 0.29) is 28.6 Å². The Morgan fingerprint density at radius 3 is 2.50 bits per heavy atom. The van der Waals surface area contributed by atoms with Crippen molar-refractivity contribution in [2.24, 2.45) is 0 Å². The van der Waals surface area contributed by atoms with Crippen LogP contribution in [0.2, 0.25) is 0 Å². The first-order valence-electron chi connectivity index (χ1n) is 7.88. The molecule has 9 nitrogen and oxygen atoms in total. The van der Waals surface area contributed by atoms with E-state index in [1.807, 2.05) is 0 Å². The van der Waals surface area contributed by atoms with Crippen molar-refractivity contribution in [2.75, 3.05) is 38.9 Å². The van der Waals surface area contributed by atoms with E-state index in [2.05, 4.69) is 0 Å². The van der Waals surface area contributed by atoms with Crippen molar-refractivity contribution in [3.63, 3.8) is 0 Å². The van der Waals surface area contributed by atoms with Gasteiger partial charge in [-0.1, -0.05) is 0 Å². The molecule has 26 heavy (non-hydrogen) atoms. The minimum absolute atomic E-state index is 0.0358. The molecule has 1 aromatic rings. The Morgan fingerprint density at radius 2 is 2.00 bits per heavy atom. The molecule has 1 aliphatic heterocycles. The minimum atomic E-state index is -4.19. The van der Waals surface area contributed by atoms with Gasteiger partial charge in [-0.05, 0) is 18.6 Å². The SMILES string of the molecule is COc1ccc(S(=O)(=O)N(C[C@@H](O)CO)[C@@H]2CCS(=O)(=O)C2)c(OC)c1. The maximum Gasteiger partial charge on any atom is 0.247 e. The number of ether oxygens (including phenoxy) is 2. The second kappa shape index (κ2) is 8.09. The maximum absolute atomic E-state index is 13.2. The molecule has 0 bridgehead atoms. The Balaban J connectivity index is 2.48. The fourth-order valence-corrected chi connectivity index (χ4v) is 6.48. The minimum Gasteiger partial charge on any atom is -0.497 e. The van der Waals surface area contributed by atoms with E-state index < -0.39 is 45.2 Å². The topological polar surface area (TPSA) is 130 Å². The summed E-state index contributed by atoms with van der Waals surface area (Å²) in [5, 5.41) is 18.9. The van der Waals surface area contributed by atoms with E-state index >= 15 is 0 Å². The summed E-state index contributed by atoms with van der Waals surface area (Å²) in [5.41, 5.74) is 0. The number of aliphatic hydroxyl groups is 2. The zero-order valence-corrected chi connectivity index (χ0v) is 16.2. The van der Waals surface area contributed by atoms with Gasteiger partial charge >= 0.3 is 0 Å². The molecule has 1 aliphatic rings. The van der Waals surface area contributed by atoms with Gasteiger partial charge < -0.3 is 19.7 Å². The van der Waals surface area contributed by atoms with Gasteiger partial charge in [0.15, 0.2) is 9.84 Å². The molecule has 0 amide bonds. The fraction of sp³-hybridized carbons (Fsp3) is 0.600. The van der Waals surface area contributed by atoms with Gasteiger partial charge in [0, 0.05) is 18.7 Å². The number of hydrogen-bond acceptors (Lipinski definition) is 8. The standard InChI is InChI=1S/C15H23NO8S2/c1-23-13-3-4-15(14(7-13)24-2)26(21,22)16(8-12(18)9-17)11-5-6-25(19,20)10-11/h3-4,7,11-12,17-18H,5-6,8-10H2,1-2H3/t11-,12-/m1/s1. The van der Waals surface area contributed by atoms with Crippen molar-refractivity contribution in [1.82, 2.24) is 4.31 Å². The average Bonchev–Trinajstić information content (AvgIpc) is 2.97. The molecule has 2 rings (SSSR count). The van der Waals surface area contributed by atoms with Gasteiger partial charge in [-0.15, -0.1) is 0 Å². The maximum atomic E-state index is 13.2. The van der Waals surface area contributed by atoms with Gasteiger partial charge in [0.1, 0.15) is 16.4 Å². The molecule has 1 saturated heterocycles. The summed E-state index contributed by atoms with van der Waals surface area (Å²) < 4.78 is 61.1. The lowest BCUT2D eigenvalue weighted by atomic mass is 10.2. The Bertz CT molecular complexity index is 837. The highest BCUT2D eigenvalue weighted by atomic mass is 32.2. The third-order valence-corrected chi connectivity index (χ3v) is 7.88. The van der Waals surface area contributed by atoms with Gasteiger partial charge in [-0.25, -0.2) is 16.8 Å². The Morgan fingerprint density at radius 1 is 1.31 bits per heavy atom. The highest BCUT2D eigenvalue weighted by molar-refractivity contribution is 7.92. The van der Waals surface area contributed by atoms with Crippen LogP contribution < -0.4 is 9.47 Å². The number of aliphatic hydroxyl groups excluding tert-OH is 2. The van der Waals surface area contributed by atoms with Crippen molar-refractivity contribution >= 4 is 19.9 Å². The second-order valence-corrected chi connectivity index (χ2v) is 10.1. The number of hydrogen-bond donors (Lipinski definition) is 2. The Kier molecular flexibility index (Phi) is 6.51. The van der Waals surface area contributed by atoms with Crippen molar-refractivity contribution in [2.45, 2.75) is 23.5 Å². The summed E-state index contributed by atoms with van der Waals surface area (Å²) in [6.07, 6.45) is -1.21. The van der Waals surface area contributed by atoms with Crippen LogP contribution in [0, 0.1) is 0 Å². The number of rotatable bonds is 8. The molecule has 0 saturated carbocycles. The van der Waals surface area contributed by atoms with Gasteiger partial charge in [-0.2, -0.15) is 4.31 Å². The van der Waals surface area contributed by atoms with Gasteiger partial charge in [-0.3, -0.25) is 0 Å². The molecule has 2 N–H and O–H groups in total. The number of sulfonamides is 1. The summed E-state index contributed by atoms with van der Waals surface area (Å²) in [6.45, 7) is -1.07. The van der Waals surface area contributed by atoms with Gasteiger partial charge in [0.25, 0.3) is 0 Å². The second-order valence-electron chi connectivity index (χ2n) is 5.98. The van der Waals surface area contributed by atoms with Crippen LogP contribution in [0.5, 0.6) is 11.5 Å². The smallest absolute Gasteiger partial charge is 0.247 e. The van der Waals surface area contributed by atoms with Gasteiger partial charge in [0.2, 0.25) is 10.0 Å². The predicted octanol–water partition coefficient (Wildman–Crippen LogP) is -0.765. The molecule has 148 valence electrons. The molecule has 0 aliphatic carbocycles. The summed E-state index contributed by atoms with van der Waals surface area (Å²) in [4.78, 5) is -0.171. The van der Waals surface area contributed by atoms with E-state index in [0.717, 1.165) is 4.31 Å². The van der Waals surface area contributed by atoms with Crippen LogP contribution in [0.25, 0.3) is 0 Å². The van der Waals surface area contributed by atoms with Crippen LogP contribution in [-0.4, -0.2) is 82.4 Å². The van der Waals surface area contributed by atoms with E-state index in [1.165, 1.54) is 32.4 Å². The molecule has 1 fully saturated rings. The van der Waals surface area contributed by atoms with Crippen LogP contribution in [0.3, 0.4) is 0 Å². The van der Waals surface area contributed by atoms with Gasteiger partial charge in [0.05, 0.1) is 38.4 Å². The first-order chi connectivity index (χ1) is 12.1. The zero-order valence-electron chi connectivity index (χ0n) is 14.5. The molecule has 0 aromatic heterocycles. The highest BCUT2D eigenvalue weighted by Gasteiger charge is 2.40. The molecule has 0 radical (unpaired) electrons. The van der Waals surface area contributed by atoms with Crippen molar-refractivity contribution in [1.29, 1.82) is 0 Å². The lowest BCUT2D eigenvalue weighted by Gasteiger charge is -2.29. The number of sulfone groups is 1. The van der Waals surface area contributed by atoms with Crippen molar-refractivity contribution < 1.29 is 36.5 Å². The third kappa shape index (κ3) is 4.46. The summed E-state index contributed by atoms with van der Waals surface area (Å²) in [6, 6.07) is 3.33. The predicted molar refractivity (Wildman–Crippen MR) is 93.6 cm³/mol. The van der Waals surface area contributed by atoms with Crippen LogP contribution in [-0.2, 0) is 19.9 Å². The lowest BCUT2D eigenvalue weighted by Crippen LogP contribution is -2.46. The summed E-state index contributed by atoms with van der Waals surface area (Å²) in [5.74, 6) is -0.0264. The molecule has 0 spiro atoms. The first kappa shape index (κ1) is 20.9. The van der Waals surface area contributed by atoms with E-state index in [4.69, 9.17) is 14.6 Å². The quantitative estimate of drug-likeness (QED) is 0.573. The number of benzene rings is 1. The molecular weight excluding hydrogens is 386 g/mol. The molecule has 0 unspecified atom stereocenters. The molecule has 1 aromatic carbocycles. The van der Waals surface area contributed by atoms with Crippen LogP contribution in [0.15, 0.2) is 23.1 Å². The molecule has 1 heterocycles. The summed E-state index contributed by atoms with van der Waals surface area (Å²) >= 11 is 0. The molecular formula is C15H23NO8S2. The van der Waals surface area contributed by atoms with Crippen LogP contribution in [0.1, 0.15) is 6.42 Å². The molecule has 11 heteroatoms. The third-order valence-electron chi connectivity index (χ3n) is 4.17. The first-order valence-corrected chi connectivity index (χ1v) is 11.1. The average molecular weight is 409 g/mol. The Hall–Kier alpha value is -1.40. The summed E-state index contributed by atoms with van der Waals surface area (Å²) in [7, 11) is -4.81. The van der Waals surface area contributed by atoms with E-state index in [9.17, 15) is 21.9 Å². The normalized spacial score (nSPS) is 20.9. The molecule has 2 atom stereocenters. The van der Waals surface area contributed by atoms with E-state index in [1.54, 1.807) is 0 Å². The number of methoxy groups -OCH3 is 2. The Labute approximate surface area is 153 Å². The lowest BCUT2D eigenvalue weighted by molar-refractivity contribution is 0.0729. The van der Waals surface area contributed by atoms with E-state index in [0.29, 0.717) is 5.75 Å². The monoisotopic (exact) mass is 409 g/mol. The zero-order chi connectivity index (χ0) is 19.5. The van der Waals surface area contributed by atoms with Crippen LogP contribution >= 0.6 is 0 Å². The fourth-order valence-electron chi connectivity index (χ4n) is 2.83. The van der Waals surface area contributed by atoms with Crippen molar-refractivity contribution in [3.05, 3.63) is 18.2 Å². The number of nitrogens with zero attached hydrogens (tertiary/aromatic N) is 1. The van der Waals surface area contributed by atoms with Crippen molar-refractivity contribution in [3.8, 4) is 11.5 Å².